The van der Waals surface area contributed by atoms with Crippen molar-refractivity contribution in [2.45, 2.75) is 33.1 Å². The molecule has 0 fully saturated rings. The minimum Gasteiger partial charge on any atom is -0.481 e. The van der Waals surface area contributed by atoms with Crippen LogP contribution in [0.5, 0.6) is 0 Å². The molecule has 2 N–H and O–H groups in total. The molecule has 1 unspecified atom stereocenters. The minimum atomic E-state index is -0.863. The number of aryl methyl sites for hydroxylation is 2. The first kappa shape index (κ1) is 14.1. The van der Waals surface area contributed by atoms with Gasteiger partial charge >= 0.3 is 5.97 Å². The summed E-state index contributed by atoms with van der Waals surface area (Å²) in [5.41, 5.74) is 0. The Kier molecular flexibility index (Phi) is 5.29. The SMILES string of the molecule is Cc1noc(CCC(=O)NCC(C)CC(=O)O)n1. The molecule has 0 radical (unpaired) electrons. The third-order valence-corrected chi connectivity index (χ3v) is 2.31. The Morgan fingerprint density at radius 3 is 2.78 bits per heavy atom. The number of carbonyl (C=O) groups excluding carboxylic acids is 1. The predicted octanol–water partition coefficient (Wildman–Crippen LogP) is 0.538. The number of aromatic nitrogens is 2. The molecule has 1 aromatic heterocycles. The highest BCUT2D eigenvalue weighted by Crippen LogP contribution is 2.02. The van der Waals surface area contributed by atoms with E-state index in [0.29, 0.717) is 24.7 Å². The first-order chi connectivity index (χ1) is 8.47. The van der Waals surface area contributed by atoms with Gasteiger partial charge in [0.2, 0.25) is 11.8 Å². The maximum atomic E-state index is 11.5. The number of amides is 1. The van der Waals surface area contributed by atoms with Crippen molar-refractivity contribution in [3.05, 3.63) is 11.7 Å². The number of aliphatic carboxylic acids is 1. The van der Waals surface area contributed by atoms with E-state index in [2.05, 4.69) is 15.5 Å². The van der Waals surface area contributed by atoms with Gasteiger partial charge in [0.15, 0.2) is 5.82 Å². The van der Waals surface area contributed by atoms with Crippen LogP contribution >= 0.6 is 0 Å². The maximum absolute atomic E-state index is 11.5. The summed E-state index contributed by atoms with van der Waals surface area (Å²) in [7, 11) is 0. The molecule has 0 aliphatic heterocycles. The van der Waals surface area contributed by atoms with E-state index >= 15 is 0 Å². The molecule has 1 rings (SSSR count). The third kappa shape index (κ3) is 5.42. The molecule has 1 heterocycles. The topological polar surface area (TPSA) is 105 Å². The van der Waals surface area contributed by atoms with Crippen LogP contribution in [0.2, 0.25) is 0 Å². The smallest absolute Gasteiger partial charge is 0.303 e. The van der Waals surface area contributed by atoms with Crippen molar-refractivity contribution in [2.24, 2.45) is 5.92 Å². The van der Waals surface area contributed by atoms with Crippen LogP contribution in [0.15, 0.2) is 4.52 Å². The van der Waals surface area contributed by atoms with Crippen LogP contribution in [-0.4, -0.2) is 33.7 Å². The van der Waals surface area contributed by atoms with E-state index in [9.17, 15) is 9.59 Å². The zero-order chi connectivity index (χ0) is 13.5. The van der Waals surface area contributed by atoms with E-state index < -0.39 is 5.97 Å². The summed E-state index contributed by atoms with van der Waals surface area (Å²) in [5.74, 6) is -0.125. The summed E-state index contributed by atoms with van der Waals surface area (Å²) in [6, 6.07) is 0. The maximum Gasteiger partial charge on any atom is 0.303 e. The highest BCUT2D eigenvalue weighted by molar-refractivity contribution is 5.76. The van der Waals surface area contributed by atoms with Crippen molar-refractivity contribution >= 4 is 11.9 Å². The molecule has 0 bridgehead atoms. The lowest BCUT2D eigenvalue weighted by Crippen LogP contribution is -2.29. The number of nitrogens with one attached hydrogen (secondary N) is 1. The zero-order valence-corrected chi connectivity index (χ0v) is 10.5. The lowest BCUT2D eigenvalue weighted by molar-refractivity contribution is -0.138. The van der Waals surface area contributed by atoms with Gasteiger partial charge in [-0.15, -0.1) is 0 Å². The van der Waals surface area contributed by atoms with Crippen molar-refractivity contribution < 1.29 is 19.2 Å². The molecule has 0 spiro atoms. The van der Waals surface area contributed by atoms with Gasteiger partial charge in [0.25, 0.3) is 0 Å². The fraction of sp³-hybridized carbons (Fsp3) is 0.636. The van der Waals surface area contributed by atoms with Gasteiger partial charge in [0, 0.05) is 25.8 Å². The number of carboxylic acids is 1. The first-order valence-electron chi connectivity index (χ1n) is 5.75. The molecular formula is C11H17N3O4. The lowest BCUT2D eigenvalue weighted by Gasteiger charge is -2.09. The second-order valence-corrected chi connectivity index (χ2v) is 4.24. The Morgan fingerprint density at radius 2 is 2.22 bits per heavy atom. The summed E-state index contributed by atoms with van der Waals surface area (Å²) in [6.07, 6.45) is 0.685. The van der Waals surface area contributed by atoms with E-state index in [1.807, 2.05) is 0 Å². The number of rotatable bonds is 7. The summed E-state index contributed by atoms with van der Waals surface area (Å²) in [5, 5.41) is 14.9. The molecule has 0 aliphatic carbocycles. The largest absolute Gasteiger partial charge is 0.481 e. The Morgan fingerprint density at radius 1 is 1.50 bits per heavy atom. The van der Waals surface area contributed by atoms with Gasteiger partial charge in [-0.3, -0.25) is 9.59 Å². The Hall–Kier alpha value is -1.92. The molecule has 1 atom stereocenters. The Labute approximate surface area is 105 Å². The molecule has 1 aromatic rings. The number of hydrogen-bond donors (Lipinski definition) is 2. The molecular weight excluding hydrogens is 238 g/mol. The molecule has 18 heavy (non-hydrogen) atoms. The Balaban J connectivity index is 2.19. The van der Waals surface area contributed by atoms with E-state index in [4.69, 9.17) is 9.63 Å². The summed E-state index contributed by atoms with van der Waals surface area (Å²) < 4.78 is 4.87. The van der Waals surface area contributed by atoms with E-state index in [1.54, 1.807) is 13.8 Å². The second-order valence-electron chi connectivity index (χ2n) is 4.24. The third-order valence-electron chi connectivity index (χ3n) is 2.31. The van der Waals surface area contributed by atoms with Crippen molar-refractivity contribution in [1.82, 2.24) is 15.5 Å². The van der Waals surface area contributed by atoms with E-state index in [1.165, 1.54) is 0 Å². The summed E-state index contributed by atoms with van der Waals surface area (Å²) >= 11 is 0. The molecule has 100 valence electrons. The van der Waals surface area contributed by atoms with Gasteiger partial charge < -0.3 is 14.9 Å². The van der Waals surface area contributed by atoms with Gasteiger partial charge in [-0.1, -0.05) is 12.1 Å². The highest BCUT2D eigenvalue weighted by atomic mass is 16.5. The normalized spacial score (nSPS) is 12.1. The fourth-order valence-corrected chi connectivity index (χ4v) is 1.41. The van der Waals surface area contributed by atoms with Gasteiger partial charge in [-0.25, -0.2) is 0 Å². The average molecular weight is 255 g/mol. The second kappa shape index (κ2) is 6.73. The van der Waals surface area contributed by atoms with Crippen LogP contribution in [0.1, 0.15) is 31.5 Å². The predicted molar refractivity (Wildman–Crippen MR) is 61.8 cm³/mol. The Bertz CT molecular complexity index is 416. The number of hydrogen-bond acceptors (Lipinski definition) is 5. The molecule has 7 heteroatoms. The molecule has 0 aliphatic rings. The lowest BCUT2D eigenvalue weighted by atomic mass is 10.1. The molecule has 0 saturated heterocycles. The quantitative estimate of drug-likeness (QED) is 0.736. The molecule has 7 nitrogen and oxygen atoms in total. The highest BCUT2D eigenvalue weighted by Gasteiger charge is 2.10. The number of carboxylic acid groups (broad SMARTS) is 1. The number of nitrogens with zero attached hydrogens (tertiary/aromatic N) is 2. The number of carbonyl (C=O) groups is 2. The monoisotopic (exact) mass is 255 g/mol. The van der Waals surface area contributed by atoms with Crippen molar-refractivity contribution in [1.29, 1.82) is 0 Å². The van der Waals surface area contributed by atoms with Gasteiger partial charge in [0.1, 0.15) is 0 Å². The molecule has 0 saturated carbocycles. The van der Waals surface area contributed by atoms with Gasteiger partial charge in [-0.2, -0.15) is 4.98 Å². The van der Waals surface area contributed by atoms with Gasteiger partial charge in [-0.05, 0) is 12.8 Å². The standard InChI is InChI=1S/C11H17N3O4/c1-7(5-11(16)17)6-12-9(15)3-4-10-13-8(2)14-18-10/h7H,3-6H2,1-2H3,(H,12,15)(H,16,17). The fourth-order valence-electron chi connectivity index (χ4n) is 1.41. The van der Waals surface area contributed by atoms with Crippen LogP contribution < -0.4 is 5.32 Å². The minimum absolute atomic E-state index is 0.0448. The van der Waals surface area contributed by atoms with E-state index in [-0.39, 0.29) is 24.7 Å². The van der Waals surface area contributed by atoms with Crippen LogP contribution in [0.25, 0.3) is 0 Å². The van der Waals surface area contributed by atoms with Crippen molar-refractivity contribution in [3.8, 4) is 0 Å². The van der Waals surface area contributed by atoms with Crippen molar-refractivity contribution in [2.75, 3.05) is 6.54 Å². The molecule has 1 amide bonds. The van der Waals surface area contributed by atoms with Crippen LogP contribution in [0.4, 0.5) is 0 Å². The average Bonchev–Trinajstić information content (AvgIpc) is 2.69. The van der Waals surface area contributed by atoms with Gasteiger partial charge in [0.05, 0.1) is 0 Å². The zero-order valence-electron chi connectivity index (χ0n) is 10.5. The van der Waals surface area contributed by atoms with Crippen LogP contribution in [-0.2, 0) is 16.0 Å². The summed E-state index contributed by atoms with van der Waals surface area (Å²) in [6.45, 7) is 3.84. The first-order valence-corrected chi connectivity index (χ1v) is 5.75. The van der Waals surface area contributed by atoms with E-state index in [0.717, 1.165) is 0 Å². The summed E-state index contributed by atoms with van der Waals surface area (Å²) in [4.78, 5) is 25.9. The van der Waals surface area contributed by atoms with Crippen LogP contribution in [0.3, 0.4) is 0 Å². The molecule has 0 aromatic carbocycles. The van der Waals surface area contributed by atoms with Crippen LogP contribution in [0, 0.1) is 12.8 Å². The van der Waals surface area contributed by atoms with Crippen molar-refractivity contribution in [3.63, 3.8) is 0 Å².